The van der Waals surface area contributed by atoms with Crippen molar-refractivity contribution in [2.45, 2.75) is 20.8 Å². The summed E-state index contributed by atoms with van der Waals surface area (Å²) in [4.78, 5) is 16.2. The third-order valence-corrected chi connectivity index (χ3v) is 3.24. The lowest BCUT2D eigenvalue weighted by atomic mass is 10.1. The average Bonchev–Trinajstić information content (AvgIpc) is 2.81. The lowest BCUT2D eigenvalue weighted by molar-refractivity contribution is -0.138. The van der Waals surface area contributed by atoms with Crippen molar-refractivity contribution in [2.75, 3.05) is 18.6 Å². The van der Waals surface area contributed by atoms with Gasteiger partial charge in [-0.2, -0.15) is 0 Å². The molecular formula is C17H21N3O3. The Morgan fingerprint density at radius 2 is 1.87 bits per heavy atom. The molecule has 0 saturated carbocycles. The third kappa shape index (κ3) is 3.91. The van der Waals surface area contributed by atoms with Crippen LogP contribution in [0.3, 0.4) is 0 Å². The van der Waals surface area contributed by atoms with E-state index in [2.05, 4.69) is 22.4 Å². The van der Waals surface area contributed by atoms with Crippen LogP contribution in [0.5, 0.6) is 5.75 Å². The maximum Gasteiger partial charge on any atom is 0.340 e. The van der Waals surface area contributed by atoms with E-state index in [0.717, 1.165) is 11.4 Å². The standard InChI is InChI=1S/C17H21N3O3/c1-5-22-14-9-7-13(8-10-14)19-20-16-11(3)15(12(4)18-16)17(21)23-6-2/h7-10,19H,4-6H2,1-3H3,(H,18,20). The van der Waals surface area contributed by atoms with Gasteiger partial charge < -0.3 is 9.47 Å². The number of ether oxygens (including phenoxy) is 2. The van der Waals surface area contributed by atoms with E-state index in [9.17, 15) is 4.79 Å². The van der Waals surface area contributed by atoms with E-state index >= 15 is 0 Å². The van der Waals surface area contributed by atoms with Gasteiger partial charge in [-0.1, -0.05) is 6.58 Å². The van der Waals surface area contributed by atoms with Crippen molar-refractivity contribution < 1.29 is 14.3 Å². The summed E-state index contributed by atoms with van der Waals surface area (Å²) < 4.78 is 10.4. The van der Waals surface area contributed by atoms with E-state index < -0.39 is 5.97 Å². The van der Waals surface area contributed by atoms with Crippen LogP contribution >= 0.6 is 0 Å². The molecule has 1 aromatic rings. The molecule has 0 radical (unpaired) electrons. The molecule has 6 heteroatoms. The SMILES string of the molecule is C=C1N=C(NNc2ccc(OCC)cc2)C(C)=C1C(=O)OCC. The fourth-order valence-corrected chi connectivity index (χ4v) is 2.14. The number of aliphatic imine (C=N–C) groups is 1. The highest BCUT2D eigenvalue weighted by Crippen LogP contribution is 2.24. The molecule has 122 valence electrons. The van der Waals surface area contributed by atoms with Gasteiger partial charge in [-0.25, -0.2) is 9.79 Å². The monoisotopic (exact) mass is 315 g/mol. The molecule has 0 aromatic heterocycles. The number of hydrogen-bond acceptors (Lipinski definition) is 6. The maximum atomic E-state index is 11.9. The summed E-state index contributed by atoms with van der Waals surface area (Å²) in [7, 11) is 0. The second kappa shape index (κ2) is 7.49. The molecule has 0 unspecified atom stereocenters. The number of rotatable bonds is 6. The predicted octanol–water partition coefficient (Wildman–Crippen LogP) is 2.81. The zero-order valence-corrected chi connectivity index (χ0v) is 13.6. The topological polar surface area (TPSA) is 72.0 Å². The molecule has 0 saturated heterocycles. The summed E-state index contributed by atoms with van der Waals surface area (Å²) in [5.74, 6) is 0.953. The number of carbonyl (C=O) groups is 1. The number of hydrazine groups is 1. The molecule has 6 nitrogen and oxygen atoms in total. The van der Waals surface area contributed by atoms with Crippen molar-refractivity contribution in [2.24, 2.45) is 4.99 Å². The number of nitrogens with zero attached hydrogens (tertiary/aromatic N) is 1. The number of carbonyl (C=O) groups excluding carboxylic acids is 1. The highest BCUT2D eigenvalue weighted by Gasteiger charge is 2.25. The Labute approximate surface area is 135 Å². The van der Waals surface area contributed by atoms with Crippen LogP contribution in [0.4, 0.5) is 5.69 Å². The Bertz CT molecular complexity index is 660. The lowest BCUT2D eigenvalue weighted by Gasteiger charge is -2.11. The van der Waals surface area contributed by atoms with Crippen LogP contribution in [-0.2, 0) is 9.53 Å². The van der Waals surface area contributed by atoms with Crippen LogP contribution in [0.1, 0.15) is 20.8 Å². The molecule has 23 heavy (non-hydrogen) atoms. The summed E-state index contributed by atoms with van der Waals surface area (Å²) >= 11 is 0. The molecule has 0 atom stereocenters. The van der Waals surface area contributed by atoms with Gasteiger partial charge in [0, 0.05) is 5.57 Å². The second-order valence-corrected chi connectivity index (χ2v) is 4.83. The van der Waals surface area contributed by atoms with Crippen molar-refractivity contribution in [1.29, 1.82) is 0 Å². The van der Waals surface area contributed by atoms with Gasteiger partial charge in [0.15, 0.2) is 0 Å². The molecule has 1 aliphatic rings. The number of benzene rings is 1. The van der Waals surface area contributed by atoms with Gasteiger partial charge in [-0.3, -0.25) is 10.9 Å². The molecular weight excluding hydrogens is 294 g/mol. The van der Waals surface area contributed by atoms with Crippen molar-refractivity contribution in [3.05, 3.63) is 47.7 Å². The Morgan fingerprint density at radius 1 is 1.17 bits per heavy atom. The van der Waals surface area contributed by atoms with Gasteiger partial charge in [0.2, 0.25) is 0 Å². The quantitative estimate of drug-likeness (QED) is 0.624. The molecule has 2 N–H and O–H groups in total. The van der Waals surface area contributed by atoms with Crippen molar-refractivity contribution in [3.63, 3.8) is 0 Å². The van der Waals surface area contributed by atoms with Crippen LogP contribution < -0.4 is 15.6 Å². The zero-order chi connectivity index (χ0) is 16.8. The molecule has 0 spiro atoms. The van der Waals surface area contributed by atoms with E-state index in [1.807, 2.05) is 31.2 Å². The van der Waals surface area contributed by atoms with Crippen LogP contribution in [0.25, 0.3) is 0 Å². The van der Waals surface area contributed by atoms with Crippen LogP contribution in [0.2, 0.25) is 0 Å². The van der Waals surface area contributed by atoms with E-state index in [-0.39, 0.29) is 0 Å². The molecule has 1 aliphatic heterocycles. The first kappa shape index (κ1) is 16.6. The number of esters is 1. The first-order valence-corrected chi connectivity index (χ1v) is 7.48. The minimum atomic E-state index is -0.406. The first-order chi connectivity index (χ1) is 11.1. The highest BCUT2D eigenvalue weighted by molar-refractivity contribution is 6.11. The lowest BCUT2D eigenvalue weighted by Crippen LogP contribution is -2.29. The van der Waals surface area contributed by atoms with Gasteiger partial charge in [0.25, 0.3) is 0 Å². The minimum absolute atomic E-state index is 0.316. The Hall–Kier alpha value is -2.76. The molecule has 2 rings (SSSR count). The van der Waals surface area contributed by atoms with E-state index in [0.29, 0.717) is 35.9 Å². The molecule has 0 fully saturated rings. The maximum absolute atomic E-state index is 11.9. The number of hydrogen-bond donors (Lipinski definition) is 2. The van der Waals surface area contributed by atoms with Crippen LogP contribution in [0, 0.1) is 0 Å². The molecule has 1 heterocycles. The summed E-state index contributed by atoms with van der Waals surface area (Å²) in [6.45, 7) is 10.2. The van der Waals surface area contributed by atoms with Crippen LogP contribution in [0.15, 0.2) is 52.7 Å². The average molecular weight is 315 g/mol. The van der Waals surface area contributed by atoms with Crippen molar-refractivity contribution in [3.8, 4) is 5.75 Å². The highest BCUT2D eigenvalue weighted by atomic mass is 16.5. The summed E-state index contributed by atoms with van der Waals surface area (Å²) in [5.41, 5.74) is 8.38. The number of anilines is 1. The molecule has 0 amide bonds. The largest absolute Gasteiger partial charge is 0.494 e. The Morgan fingerprint density at radius 3 is 2.48 bits per heavy atom. The van der Waals surface area contributed by atoms with Crippen molar-refractivity contribution in [1.82, 2.24) is 5.43 Å². The fourth-order valence-electron chi connectivity index (χ4n) is 2.14. The Kier molecular flexibility index (Phi) is 5.41. The minimum Gasteiger partial charge on any atom is -0.494 e. The van der Waals surface area contributed by atoms with E-state index in [1.54, 1.807) is 13.8 Å². The molecule has 0 bridgehead atoms. The Balaban J connectivity index is 2.02. The summed E-state index contributed by atoms with van der Waals surface area (Å²) in [6, 6.07) is 7.51. The fraction of sp³-hybridized carbons (Fsp3) is 0.294. The number of nitrogens with one attached hydrogen (secondary N) is 2. The van der Waals surface area contributed by atoms with Crippen molar-refractivity contribution >= 4 is 17.5 Å². The van der Waals surface area contributed by atoms with Gasteiger partial charge in [0.05, 0.1) is 30.2 Å². The second-order valence-electron chi connectivity index (χ2n) is 4.83. The van der Waals surface area contributed by atoms with Gasteiger partial charge in [0.1, 0.15) is 11.6 Å². The zero-order valence-electron chi connectivity index (χ0n) is 13.6. The van der Waals surface area contributed by atoms with Gasteiger partial charge in [-0.05, 0) is 45.0 Å². The predicted molar refractivity (Wildman–Crippen MR) is 90.3 cm³/mol. The summed E-state index contributed by atoms with van der Waals surface area (Å²) in [6.07, 6.45) is 0. The van der Waals surface area contributed by atoms with E-state index in [4.69, 9.17) is 9.47 Å². The summed E-state index contributed by atoms with van der Waals surface area (Å²) in [5, 5.41) is 0. The van der Waals surface area contributed by atoms with Crippen LogP contribution in [-0.4, -0.2) is 25.0 Å². The number of amidine groups is 1. The van der Waals surface area contributed by atoms with E-state index in [1.165, 1.54) is 0 Å². The normalized spacial score (nSPS) is 13.7. The first-order valence-electron chi connectivity index (χ1n) is 7.48. The molecule has 1 aromatic carbocycles. The molecule has 0 aliphatic carbocycles. The third-order valence-electron chi connectivity index (χ3n) is 3.24. The smallest absolute Gasteiger partial charge is 0.340 e. The van der Waals surface area contributed by atoms with Gasteiger partial charge in [-0.15, -0.1) is 0 Å². The van der Waals surface area contributed by atoms with Gasteiger partial charge >= 0.3 is 5.97 Å².